The van der Waals surface area contributed by atoms with Crippen LogP contribution in [0.5, 0.6) is 0 Å². The number of hydrogen-bond donors (Lipinski definition) is 1. The first-order valence-electron chi connectivity index (χ1n) is 6.35. The fourth-order valence-electron chi connectivity index (χ4n) is 1.60. The highest BCUT2D eigenvalue weighted by molar-refractivity contribution is 5.97. The molecule has 1 N–H and O–H groups in total. The molecule has 1 aromatic carbocycles. The summed E-state index contributed by atoms with van der Waals surface area (Å²) in [5.41, 5.74) is 0.923. The molecule has 0 radical (unpaired) electrons. The van der Waals surface area contributed by atoms with Crippen molar-refractivity contribution in [3.05, 3.63) is 41.2 Å². The molecule has 1 aromatic rings. The van der Waals surface area contributed by atoms with E-state index < -0.39 is 0 Å². The van der Waals surface area contributed by atoms with Gasteiger partial charge in [-0.05, 0) is 31.9 Å². The van der Waals surface area contributed by atoms with E-state index in [4.69, 9.17) is 4.74 Å². The van der Waals surface area contributed by atoms with Crippen LogP contribution in [0.4, 0.5) is 4.39 Å². The van der Waals surface area contributed by atoms with Crippen molar-refractivity contribution >= 4 is 12.0 Å². The smallest absolute Gasteiger partial charge is 0.246 e. The van der Waals surface area contributed by atoms with Crippen LogP contribution in [0.1, 0.15) is 25.3 Å². The standard InChI is InChI=1S/C15H20FNO2/c1-12(11-13-7-3-4-8-14(13)16)15(18)17-9-5-6-10-19-2/h3-4,7-8,11H,5-6,9-10H2,1-2H3,(H,17,18)/b12-11+. The van der Waals surface area contributed by atoms with Gasteiger partial charge in [-0.15, -0.1) is 0 Å². The van der Waals surface area contributed by atoms with Crippen molar-refractivity contribution in [1.82, 2.24) is 5.32 Å². The number of methoxy groups -OCH3 is 1. The van der Waals surface area contributed by atoms with Crippen LogP contribution in [0.3, 0.4) is 0 Å². The zero-order chi connectivity index (χ0) is 14.1. The molecule has 0 saturated heterocycles. The van der Waals surface area contributed by atoms with Crippen LogP contribution >= 0.6 is 0 Å². The van der Waals surface area contributed by atoms with E-state index in [1.54, 1.807) is 38.3 Å². The van der Waals surface area contributed by atoms with Gasteiger partial charge < -0.3 is 10.1 Å². The molecule has 104 valence electrons. The first kappa shape index (κ1) is 15.4. The molecule has 0 heterocycles. The predicted octanol–water partition coefficient (Wildman–Crippen LogP) is 2.77. The Morgan fingerprint density at radius 3 is 2.79 bits per heavy atom. The molecule has 0 aliphatic carbocycles. The monoisotopic (exact) mass is 265 g/mol. The maximum absolute atomic E-state index is 13.4. The summed E-state index contributed by atoms with van der Waals surface area (Å²) in [6.45, 7) is 2.97. The maximum atomic E-state index is 13.4. The highest BCUT2D eigenvalue weighted by atomic mass is 19.1. The molecular weight excluding hydrogens is 245 g/mol. The molecule has 0 spiro atoms. The third-order valence-corrected chi connectivity index (χ3v) is 2.70. The third kappa shape index (κ3) is 5.66. The number of unbranched alkanes of at least 4 members (excludes halogenated alkanes) is 1. The fourth-order valence-corrected chi connectivity index (χ4v) is 1.60. The summed E-state index contributed by atoms with van der Waals surface area (Å²) < 4.78 is 18.3. The van der Waals surface area contributed by atoms with Crippen molar-refractivity contribution < 1.29 is 13.9 Å². The Bertz CT molecular complexity index is 444. The van der Waals surface area contributed by atoms with Crippen molar-refractivity contribution in [2.75, 3.05) is 20.3 Å². The van der Waals surface area contributed by atoms with Crippen molar-refractivity contribution in [3.63, 3.8) is 0 Å². The van der Waals surface area contributed by atoms with E-state index in [1.807, 2.05) is 0 Å². The molecule has 1 amide bonds. The molecule has 0 fully saturated rings. The van der Waals surface area contributed by atoms with Gasteiger partial charge >= 0.3 is 0 Å². The van der Waals surface area contributed by atoms with Crippen molar-refractivity contribution in [3.8, 4) is 0 Å². The zero-order valence-corrected chi connectivity index (χ0v) is 11.4. The Morgan fingerprint density at radius 2 is 2.11 bits per heavy atom. The molecule has 1 rings (SSSR count). The van der Waals surface area contributed by atoms with E-state index in [-0.39, 0.29) is 11.7 Å². The summed E-state index contributed by atoms with van der Waals surface area (Å²) >= 11 is 0. The second-order valence-electron chi connectivity index (χ2n) is 4.30. The minimum Gasteiger partial charge on any atom is -0.385 e. The van der Waals surface area contributed by atoms with Gasteiger partial charge in [-0.25, -0.2) is 4.39 Å². The van der Waals surface area contributed by atoms with E-state index in [0.29, 0.717) is 24.3 Å². The maximum Gasteiger partial charge on any atom is 0.246 e. The average Bonchev–Trinajstić information content (AvgIpc) is 2.41. The molecule has 0 saturated carbocycles. The van der Waals surface area contributed by atoms with Gasteiger partial charge in [0.1, 0.15) is 5.82 Å². The van der Waals surface area contributed by atoms with Gasteiger partial charge in [0, 0.05) is 31.4 Å². The highest BCUT2D eigenvalue weighted by Crippen LogP contribution is 2.11. The van der Waals surface area contributed by atoms with Gasteiger partial charge in [-0.3, -0.25) is 4.79 Å². The molecule has 4 heteroatoms. The molecular formula is C15H20FNO2. The zero-order valence-electron chi connectivity index (χ0n) is 11.4. The van der Waals surface area contributed by atoms with E-state index in [0.717, 1.165) is 12.8 Å². The highest BCUT2D eigenvalue weighted by Gasteiger charge is 2.05. The summed E-state index contributed by atoms with van der Waals surface area (Å²) in [6.07, 6.45) is 3.33. The normalized spacial score (nSPS) is 11.4. The Kier molecular flexibility index (Phi) is 6.82. The number of carbonyl (C=O) groups excluding carboxylic acids is 1. The minimum absolute atomic E-state index is 0.166. The van der Waals surface area contributed by atoms with Crippen molar-refractivity contribution in [2.24, 2.45) is 0 Å². The van der Waals surface area contributed by atoms with E-state index in [1.165, 1.54) is 6.07 Å². The topological polar surface area (TPSA) is 38.3 Å². The Balaban J connectivity index is 2.46. The molecule has 0 aromatic heterocycles. The minimum atomic E-state index is -0.324. The summed E-state index contributed by atoms with van der Waals surface area (Å²) in [5, 5.41) is 2.80. The molecule has 0 atom stereocenters. The summed E-state index contributed by atoms with van der Waals surface area (Å²) in [5.74, 6) is -0.490. The average molecular weight is 265 g/mol. The SMILES string of the molecule is COCCCCNC(=O)/C(C)=C/c1ccccc1F. The van der Waals surface area contributed by atoms with Crippen LogP contribution in [0.25, 0.3) is 6.08 Å². The van der Waals surface area contributed by atoms with Gasteiger partial charge in [0.2, 0.25) is 5.91 Å². The molecule has 19 heavy (non-hydrogen) atoms. The van der Waals surface area contributed by atoms with E-state index >= 15 is 0 Å². The number of ether oxygens (including phenoxy) is 1. The second kappa shape index (κ2) is 8.43. The lowest BCUT2D eigenvalue weighted by molar-refractivity contribution is -0.117. The van der Waals surface area contributed by atoms with Gasteiger partial charge in [0.15, 0.2) is 0 Å². The largest absolute Gasteiger partial charge is 0.385 e. The lowest BCUT2D eigenvalue weighted by atomic mass is 10.1. The van der Waals surface area contributed by atoms with Gasteiger partial charge in [-0.1, -0.05) is 18.2 Å². The first-order chi connectivity index (χ1) is 9.15. The lowest BCUT2D eigenvalue weighted by Gasteiger charge is -2.05. The van der Waals surface area contributed by atoms with Crippen molar-refractivity contribution in [2.45, 2.75) is 19.8 Å². The number of nitrogens with one attached hydrogen (secondary N) is 1. The van der Waals surface area contributed by atoms with Gasteiger partial charge in [-0.2, -0.15) is 0 Å². The second-order valence-corrected chi connectivity index (χ2v) is 4.30. The van der Waals surface area contributed by atoms with E-state index in [2.05, 4.69) is 5.32 Å². The fraction of sp³-hybridized carbons (Fsp3) is 0.400. The number of benzene rings is 1. The number of hydrogen-bond acceptors (Lipinski definition) is 2. The Morgan fingerprint density at radius 1 is 1.37 bits per heavy atom. The van der Waals surface area contributed by atoms with Gasteiger partial charge in [0.05, 0.1) is 0 Å². The van der Waals surface area contributed by atoms with E-state index in [9.17, 15) is 9.18 Å². The summed E-state index contributed by atoms with van der Waals surface area (Å²) in [4.78, 5) is 11.8. The van der Waals surface area contributed by atoms with Crippen molar-refractivity contribution in [1.29, 1.82) is 0 Å². The number of halogens is 1. The number of amides is 1. The van der Waals surface area contributed by atoms with Crippen LogP contribution < -0.4 is 5.32 Å². The molecule has 0 bridgehead atoms. The first-order valence-corrected chi connectivity index (χ1v) is 6.35. The third-order valence-electron chi connectivity index (χ3n) is 2.70. The Hall–Kier alpha value is -1.68. The van der Waals surface area contributed by atoms with Crippen LogP contribution in [0.15, 0.2) is 29.8 Å². The van der Waals surface area contributed by atoms with Crippen LogP contribution in [0, 0.1) is 5.82 Å². The number of carbonyl (C=O) groups is 1. The Labute approximate surface area is 113 Å². The summed E-state index contributed by atoms with van der Waals surface area (Å²) in [7, 11) is 1.65. The molecule has 0 aliphatic heterocycles. The molecule has 0 aliphatic rings. The molecule has 0 unspecified atom stereocenters. The summed E-state index contributed by atoms with van der Waals surface area (Å²) in [6, 6.07) is 6.38. The van der Waals surface area contributed by atoms with Crippen LogP contribution in [0.2, 0.25) is 0 Å². The number of rotatable bonds is 7. The van der Waals surface area contributed by atoms with Crippen LogP contribution in [-0.4, -0.2) is 26.2 Å². The molecule has 3 nitrogen and oxygen atoms in total. The quantitative estimate of drug-likeness (QED) is 0.608. The van der Waals surface area contributed by atoms with Crippen LogP contribution in [-0.2, 0) is 9.53 Å². The lowest BCUT2D eigenvalue weighted by Crippen LogP contribution is -2.25. The van der Waals surface area contributed by atoms with Gasteiger partial charge in [0.25, 0.3) is 0 Å². The predicted molar refractivity (Wildman–Crippen MR) is 74.2 cm³/mol.